The van der Waals surface area contributed by atoms with E-state index in [1.54, 1.807) is 0 Å². The molecule has 3 fully saturated rings. The minimum absolute atomic E-state index is 0.159. The molecule has 0 amide bonds. The Labute approximate surface area is 131 Å². The van der Waals surface area contributed by atoms with E-state index in [0.29, 0.717) is 0 Å². The summed E-state index contributed by atoms with van der Waals surface area (Å²) in [7, 11) is 0. The van der Waals surface area contributed by atoms with Gasteiger partial charge in [0.1, 0.15) is 5.79 Å². The minimum Gasteiger partial charge on any atom is -0.287 e. The Morgan fingerprint density at radius 2 is 1.67 bits per heavy atom. The second-order valence-corrected chi connectivity index (χ2v) is 7.92. The van der Waals surface area contributed by atoms with E-state index < -0.39 is 0 Å². The number of nitrogens with zero attached hydrogens (tertiary/aromatic N) is 2. The first-order chi connectivity index (χ1) is 10.1. The molecule has 0 bridgehead atoms. The molecule has 0 aromatic rings. The van der Waals surface area contributed by atoms with Crippen LogP contribution in [0.1, 0.15) is 72.1 Å². The Morgan fingerprint density at radius 1 is 0.857 bits per heavy atom. The summed E-state index contributed by atoms with van der Waals surface area (Å²) in [5, 5.41) is 4.01. The molecule has 3 heterocycles. The number of hydrogen-bond donors (Lipinski definition) is 1. The Hall–Kier alpha value is -0.120. The van der Waals surface area contributed by atoms with Crippen LogP contribution < -0.4 is 5.32 Å². The molecule has 0 saturated carbocycles. The van der Waals surface area contributed by atoms with E-state index in [-0.39, 0.29) is 5.79 Å². The van der Waals surface area contributed by atoms with Crippen LogP contribution in [0.15, 0.2) is 0 Å². The number of hydrogen-bond acceptors (Lipinski definition) is 3. The molecule has 122 valence electrons. The zero-order chi connectivity index (χ0) is 14.9. The van der Waals surface area contributed by atoms with E-state index in [0.717, 1.165) is 18.0 Å². The maximum atomic E-state index is 4.01. The zero-order valence-electron chi connectivity index (χ0n) is 14.4. The van der Waals surface area contributed by atoms with Crippen molar-refractivity contribution in [2.24, 2.45) is 5.92 Å². The van der Waals surface area contributed by atoms with Crippen LogP contribution in [0.25, 0.3) is 0 Å². The summed E-state index contributed by atoms with van der Waals surface area (Å²) in [6.07, 6.45) is 11.0. The van der Waals surface area contributed by atoms with Gasteiger partial charge in [0.25, 0.3) is 0 Å². The van der Waals surface area contributed by atoms with E-state index in [9.17, 15) is 0 Å². The molecule has 21 heavy (non-hydrogen) atoms. The van der Waals surface area contributed by atoms with Crippen LogP contribution in [0.4, 0.5) is 0 Å². The van der Waals surface area contributed by atoms with Crippen molar-refractivity contribution in [3.63, 3.8) is 0 Å². The topological polar surface area (TPSA) is 18.5 Å². The quantitative estimate of drug-likeness (QED) is 0.842. The van der Waals surface area contributed by atoms with Crippen LogP contribution in [-0.4, -0.2) is 47.3 Å². The summed E-state index contributed by atoms with van der Waals surface area (Å²) in [6, 6.07) is 1.45. The van der Waals surface area contributed by atoms with Crippen molar-refractivity contribution in [3.8, 4) is 0 Å². The molecule has 3 nitrogen and oxygen atoms in total. The van der Waals surface area contributed by atoms with Crippen molar-refractivity contribution in [1.29, 1.82) is 0 Å². The van der Waals surface area contributed by atoms with Gasteiger partial charge in [-0.25, -0.2) is 0 Å². The molecule has 0 aromatic carbocycles. The van der Waals surface area contributed by atoms with E-state index in [4.69, 9.17) is 0 Å². The smallest absolute Gasteiger partial charge is 0.129 e. The highest BCUT2D eigenvalue weighted by molar-refractivity contribution is 4.98. The molecule has 0 radical (unpaired) electrons. The summed E-state index contributed by atoms with van der Waals surface area (Å²) >= 11 is 0. The monoisotopic (exact) mass is 293 g/mol. The molecular weight excluding hydrogens is 258 g/mol. The van der Waals surface area contributed by atoms with E-state index in [1.165, 1.54) is 71.0 Å². The highest BCUT2D eigenvalue weighted by Crippen LogP contribution is 2.37. The lowest BCUT2D eigenvalue weighted by Gasteiger charge is -2.59. The predicted octanol–water partition coefficient (Wildman–Crippen LogP) is 3.41. The Balaban J connectivity index is 1.88. The van der Waals surface area contributed by atoms with Gasteiger partial charge in [-0.2, -0.15) is 0 Å². The van der Waals surface area contributed by atoms with Crippen molar-refractivity contribution < 1.29 is 0 Å². The first kappa shape index (κ1) is 15.8. The summed E-state index contributed by atoms with van der Waals surface area (Å²) in [6.45, 7) is 11.1. The van der Waals surface area contributed by atoms with Crippen molar-refractivity contribution in [2.75, 3.05) is 19.6 Å². The van der Waals surface area contributed by atoms with Gasteiger partial charge in [-0.05, 0) is 71.3 Å². The maximum absolute atomic E-state index is 4.01. The third-order valence-electron chi connectivity index (χ3n) is 6.23. The minimum atomic E-state index is 0.159. The lowest BCUT2D eigenvalue weighted by molar-refractivity contribution is -0.156. The number of piperidine rings is 3. The first-order valence-electron chi connectivity index (χ1n) is 9.42. The van der Waals surface area contributed by atoms with Gasteiger partial charge in [0, 0.05) is 25.2 Å². The van der Waals surface area contributed by atoms with Gasteiger partial charge in [0.2, 0.25) is 0 Å². The number of rotatable bonds is 2. The van der Waals surface area contributed by atoms with Crippen LogP contribution in [-0.2, 0) is 0 Å². The fourth-order valence-electron chi connectivity index (χ4n) is 4.98. The standard InChI is InChI=1S/C18H35N3/c1-15-9-10-17(3)21(14-15)18(11-5-6-12-19-18)20-13-7-4-8-16(20)2/h15-17,19H,4-14H2,1-3H3. The van der Waals surface area contributed by atoms with Crippen molar-refractivity contribution in [2.45, 2.75) is 90.0 Å². The second-order valence-electron chi connectivity index (χ2n) is 7.92. The van der Waals surface area contributed by atoms with E-state index in [1.807, 2.05) is 0 Å². The summed E-state index contributed by atoms with van der Waals surface area (Å²) in [4.78, 5) is 5.69. The average Bonchev–Trinajstić information content (AvgIpc) is 2.51. The molecular formula is C18H35N3. The van der Waals surface area contributed by atoms with E-state index in [2.05, 4.69) is 35.9 Å². The number of nitrogens with one attached hydrogen (secondary N) is 1. The van der Waals surface area contributed by atoms with Gasteiger partial charge >= 0.3 is 0 Å². The lowest BCUT2D eigenvalue weighted by atomic mass is 9.88. The number of likely N-dealkylation sites (tertiary alicyclic amines) is 2. The SMILES string of the molecule is CC1CCC(C)N(C2(N3CCCCC3C)CCCCN2)C1. The molecule has 1 N–H and O–H groups in total. The molecule has 3 heteroatoms. The third kappa shape index (κ3) is 3.02. The molecule has 3 saturated heterocycles. The highest BCUT2D eigenvalue weighted by Gasteiger charge is 2.48. The zero-order valence-corrected chi connectivity index (χ0v) is 14.4. The lowest BCUT2D eigenvalue weighted by Crippen LogP contribution is -2.75. The fourth-order valence-corrected chi connectivity index (χ4v) is 4.98. The molecule has 3 aliphatic rings. The largest absolute Gasteiger partial charge is 0.287 e. The van der Waals surface area contributed by atoms with Crippen molar-refractivity contribution >= 4 is 0 Å². The Kier molecular flexibility index (Phi) is 4.92. The molecule has 0 aromatic heterocycles. The molecule has 0 aliphatic carbocycles. The van der Waals surface area contributed by atoms with Crippen LogP contribution in [0.5, 0.6) is 0 Å². The van der Waals surface area contributed by atoms with Gasteiger partial charge in [-0.15, -0.1) is 0 Å². The van der Waals surface area contributed by atoms with Gasteiger partial charge in [-0.1, -0.05) is 13.3 Å². The summed E-state index contributed by atoms with van der Waals surface area (Å²) < 4.78 is 0. The first-order valence-corrected chi connectivity index (χ1v) is 9.42. The summed E-state index contributed by atoms with van der Waals surface area (Å²) in [5.74, 6) is 1.01. The second kappa shape index (κ2) is 6.55. The van der Waals surface area contributed by atoms with Crippen molar-refractivity contribution in [3.05, 3.63) is 0 Å². The maximum Gasteiger partial charge on any atom is 0.129 e. The predicted molar refractivity (Wildman–Crippen MR) is 89.2 cm³/mol. The normalized spacial score (nSPS) is 43.9. The van der Waals surface area contributed by atoms with Crippen LogP contribution in [0.2, 0.25) is 0 Å². The molecule has 3 aliphatic heterocycles. The van der Waals surface area contributed by atoms with Crippen LogP contribution in [0.3, 0.4) is 0 Å². The van der Waals surface area contributed by atoms with Crippen LogP contribution >= 0.6 is 0 Å². The van der Waals surface area contributed by atoms with Crippen molar-refractivity contribution in [1.82, 2.24) is 15.1 Å². The van der Waals surface area contributed by atoms with Gasteiger partial charge < -0.3 is 0 Å². The Bertz CT molecular complexity index is 337. The third-order valence-corrected chi connectivity index (χ3v) is 6.23. The van der Waals surface area contributed by atoms with Gasteiger partial charge in [0.15, 0.2) is 0 Å². The molecule has 0 spiro atoms. The molecule has 4 unspecified atom stereocenters. The summed E-state index contributed by atoms with van der Waals surface area (Å²) in [5.41, 5.74) is 0. The Morgan fingerprint density at radius 3 is 2.38 bits per heavy atom. The van der Waals surface area contributed by atoms with E-state index >= 15 is 0 Å². The highest BCUT2D eigenvalue weighted by atomic mass is 15.5. The van der Waals surface area contributed by atoms with Crippen LogP contribution in [0, 0.1) is 5.92 Å². The average molecular weight is 293 g/mol. The van der Waals surface area contributed by atoms with Gasteiger partial charge in [0.05, 0.1) is 0 Å². The molecule has 3 rings (SSSR count). The molecule has 4 atom stereocenters. The fraction of sp³-hybridized carbons (Fsp3) is 1.00. The van der Waals surface area contributed by atoms with Gasteiger partial charge in [-0.3, -0.25) is 15.1 Å².